The normalized spacial score (nSPS) is 27.8. The van der Waals surface area contributed by atoms with Crippen molar-refractivity contribution < 1.29 is 18.3 Å². The van der Waals surface area contributed by atoms with Crippen molar-refractivity contribution in [3.8, 4) is 0 Å². The highest BCUT2D eigenvalue weighted by Crippen LogP contribution is 2.36. The Hall–Kier alpha value is -0.520. The van der Waals surface area contributed by atoms with Gasteiger partial charge in [-0.2, -0.15) is 11.8 Å². The third-order valence-corrected chi connectivity index (χ3v) is 5.46. The van der Waals surface area contributed by atoms with Crippen molar-refractivity contribution in [3.05, 3.63) is 0 Å². The van der Waals surface area contributed by atoms with E-state index in [1.165, 1.54) is 18.2 Å². The van der Waals surface area contributed by atoms with Crippen LogP contribution in [0.2, 0.25) is 0 Å². The number of rotatable bonds is 6. The molecule has 1 N–H and O–H groups in total. The molecule has 0 radical (unpaired) electrons. The summed E-state index contributed by atoms with van der Waals surface area (Å²) in [6, 6.07) is -0.552. The number of halogens is 2. The second-order valence-electron chi connectivity index (χ2n) is 6.44. The second-order valence-corrected chi connectivity index (χ2v) is 8.00. The molecule has 21 heavy (non-hydrogen) atoms. The Morgan fingerprint density at radius 3 is 2.62 bits per heavy atom. The summed E-state index contributed by atoms with van der Waals surface area (Å²) in [4.78, 5) is 11.4. The Labute approximate surface area is 129 Å². The van der Waals surface area contributed by atoms with Crippen LogP contribution >= 0.6 is 11.8 Å². The topological polar surface area (TPSA) is 38.3 Å². The van der Waals surface area contributed by atoms with Crippen LogP contribution in [0.3, 0.4) is 0 Å². The van der Waals surface area contributed by atoms with Crippen LogP contribution in [0.25, 0.3) is 0 Å². The van der Waals surface area contributed by atoms with E-state index >= 15 is 0 Å². The zero-order valence-electron chi connectivity index (χ0n) is 12.7. The third kappa shape index (κ3) is 4.73. The minimum atomic E-state index is -2.98. The molecule has 0 aromatic carbocycles. The first-order valence-electron chi connectivity index (χ1n) is 7.85. The molecular formula is C15H25F2NO2S. The van der Waals surface area contributed by atoms with Gasteiger partial charge in [0.1, 0.15) is 0 Å². The molecule has 2 fully saturated rings. The number of ether oxygens (including phenoxy) is 1. The fourth-order valence-corrected chi connectivity index (χ4v) is 3.88. The summed E-state index contributed by atoms with van der Waals surface area (Å²) < 4.78 is 33.6. The maximum absolute atomic E-state index is 14.3. The Balaban J connectivity index is 1.96. The van der Waals surface area contributed by atoms with Crippen molar-refractivity contribution in [1.29, 1.82) is 0 Å². The monoisotopic (exact) mass is 321 g/mol. The van der Waals surface area contributed by atoms with E-state index in [0.29, 0.717) is 12.3 Å². The third-order valence-electron chi connectivity index (χ3n) is 4.24. The zero-order chi connectivity index (χ0) is 15.5. The fourth-order valence-electron chi connectivity index (χ4n) is 3.16. The Morgan fingerprint density at radius 1 is 1.33 bits per heavy atom. The summed E-state index contributed by atoms with van der Waals surface area (Å²) in [6.07, 6.45) is 4.30. The van der Waals surface area contributed by atoms with Crippen LogP contribution in [0.15, 0.2) is 0 Å². The smallest absolute Gasteiger partial charge is 0.408 e. The van der Waals surface area contributed by atoms with Crippen LogP contribution in [0, 0.1) is 5.92 Å². The number of alkyl carbamates (subject to hydrolysis) is 1. The SMILES string of the molecule is CC(C)SCC(F)(F)C1OC(=O)N[C@H]1CC1CCCCC1. The molecule has 0 aromatic rings. The number of cyclic esters (lactones) is 1. The molecule has 2 aliphatic rings. The highest BCUT2D eigenvalue weighted by Gasteiger charge is 2.51. The summed E-state index contributed by atoms with van der Waals surface area (Å²) in [6.45, 7) is 3.78. The predicted molar refractivity (Wildman–Crippen MR) is 80.9 cm³/mol. The average Bonchev–Trinajstić information content (AvgIpc) is 2.79. The average molecular weight is 321 g/mol. The lowest BCUT2D eigenvalue weighted by Crippen LogP contribution is -2.46. The van der Waals surface area contributed by atoms with Crippen molar-refractivity contribution in [2.24, 2.45) is 5.92 Å². The molecule has 3 nitrogen and oxygen atoms in total. The van der Waals surface area contributed by atoms with Gasteiger partial charge in [-0.3, -0.25) is 0 Å². The van der Waals surface area contributed by atoms with E-state index in [9.17, 15) is 13.6 Å². The first kappa shape index (κ1) is 16.8. The predicted octanol–water partition coefficient (Wildman–Crippen LogP) is 4.21. The van der Waals surface area contributed by atoms with E-state index in [2.05, 4.69) is 5.32 Å². The number of thioether (sulfide) groups is 1. The van der Waals surface area contributed by atoms with Crippen molar-refractivity contribution in [2.45, 2.75) is 75.7 Å². The summed E-state index contributed by atoms with van der Waals surface area (Å²) in [5.74, 6) is -2.85. The first-order chi connectivity index (χ1) is 9.88. The molecule has 2 atom stereocenters. The molecule has 0 bridgehead atoms. The van der Waals surface area contributed by atoms with Crippen molar-refractivity contribution in [3.63, 3.8) is 0 Å². The van der Waals surface area contributed by atoms with Crippen LogP contribution in [-0.4, -0.2) is 35.2 Å². The van der Waals surface area contributed by atoms with Gasteiger partial charge in [-0.1, -0.05) is 46.0 Å². The second kappa shape index (κ2) is 7.16. The Kier molecular flexibility index (Phi) is 5.74. The van der Waals surface area contributed by atoms with Gasteiger partial charge in [-0.05, 0) is 17.6 Å². The van der Waals surface area contributed by atoms with Gasteiger partial charge < -0.3 is 10.1 Å². The molecule has 1 aliphatic heterocycles. The lowest BCUT2D eigenvalue weighted by molar-refractivity contribution is -0.0870. The lowest BCUT2D eigenvalue weighted by Gasteiger charge is -2.29. The highest BCUT2D eigenvalue weighted by atomic mass is 32.2. The molecule has 2 rings (SSSR count). The van der Waals surface area contributed by atoms with Crippen molar-refractivity contribution >= 4 is 17.9 Å². The molecule has 1 aliphatic carbocycles. The largest absolute Gasteiger partial charge is 0.438 e. The van der Waals surface area contributed by atoms with Crippen LogP contribution in [-0.2, 0) is 4.74 Å². The van der Waals surface area contributed by atoms with Gasteiger partial charge in [0.2, 0.25) is 0 Å². The van der Waals surface area contributed by atoms with Crippen LogP contribution in [0.4, 0.5) is 13.6 Å². The Morgan fingerprint density at radius 2 is 2.00 bits per heavy atom. The number of nitrogens with one attached hydrogen (secondary N) is 1. The van der Waals surface area contributed by atoms with Gasteiger partial charge in [0.05, 0.1) is 11.8 Å². The van der Waals surface area contributed by atoms with Gasteiger partial charge in [0, 0.05) is 0 Å². The first-order valence-corrected chi connectivity index (χ1v) is 8.90. The van der Waals surface area contributed by atoms with E-state index in [4.69, 9.17) is 4.74 Å². The lowest BCUT2D eigenvalue weighted by atomic mass is 9.83. The quantitative estimate of drug-likeness (QED) is 0.796. The maximum atomic E-state index is 14.3. The van der Waals surface area contributed by atoms with Gasteiger partial charge >= 0.3 is 6.09 Å². The molecule has 6 heteroatoms. The maximum Gasteiger partial charge on any atom is 0.408 e. The molecule has 1 heterocycles. The summed E-state index contributed by atoms with van der Waals surface area (Å²) >= 11 is 1.21. The van der Waals surface area contributed by atoms with Gasteiger partial charge in [0.25, 0.3) is 5.92 Å². The number of carbonyl (C=O) groups excluding carboxylic acids is 1. The highest BCUT2D eigenvalue weighted by molar-refractivity contribution is 7.99. The number of hydrogen-bond acceptors (Lipinski definition) is 3. The summed E-state index contributed by atoms with van der Waals surface area (Å²) in [5.41, 5.74) is 0. The van der Waals surface area contributed by atoms with E-state index < -0.39 is 24.2 Å². The van der Waals surface area contributed by atoms with E-state index in [0.717, 1.165) is 25.7 Å². The minimum Gasteiger partial charge on any atom is -0.438 e. The van der Waals surface area contributed by atoms with Crippen LogP contribution in [0.1, 0.15) is 52.4 Å². The van der Waals surface area contributed by atoms with E-state index in [1.54, 1.807) is 0 Å². The molecule has 1 unspecified atom stereocenters. The van der Waals surface area contributed by atoms with Crippen LogP contribution in [0.5, 0.6) is 0 Å². The fraction of sp³-hybridized carbons (Fsp3) is 0.933. The molecule has 0 spiro atoms. The van der Waals surface area contributed by atoms with E-state index in [1.807, 2.05) is 13.8 Å². The van der Waals surface area contributed by atoms with Crippen LogP contribution < -0.4 is 5.32 Å². The molecule has 1 amide bonds. The molecule has 0 aromatic heterocycles. The molecule has 1 saturated carbocycles. The number of hydrogen-bond donors (Lipinski definition) is 1. The van der Waals surface area contributed by atoms with Gasteiger partial charge in [0.15, 0.2) is 6.10 Å². The number of alkyl halides is 2. The van der Waals surface area contributed by atoms with Gasteiger partial charge in [-0.25, -0.2) is 13.6 Å². The molecule has 122 valence electrons. The number of carbonyl (C=O) groups is 1. The number of amides is 1. The Bertz CT molecular complexity index is 360. The standard InChI is InChI=1S/C15H25F2NO2S/c1-10(2)21-9-15(16,17)13-12(18-14(19)20-13)8-11-6-4-3-5-7-11/h10-13H,3-9H2,1-2H3,(H,18,19)/t12-,13?/m0/s1. The zero-order valence-corrected chi connectivity index (χ0v) is 13.6. The summed E-state index contributed by atoms with van der Waals surface area (Å²) in [5, 5.41) is 2.73. The molecule has 1 saturated heterocycles. The summed E-state index contributed by atoms with van der Waals surface area (Å²) in [7, 11) is 0. The van der Waals surface area contributed by atoms with Crippen molar-refractivity contribution in [2.75, 3.05) is 5.75 Å². The minimum absolute atomic E-state index is 0.137. The van der Waals surface area contributed by atoms with Gasteiger partial charge in [-0.15, -0.1) is 0 Å². The molecular weight excluding hydrogens is 296 g/mol. The van der Waals surface area contributed by atoms with Crippen molar-refractivity contribution in [1.82, 2.24) is 5.32 Å². The van der Waals surface area contributed by atoms with E-state index in [-0.39, 0.29) is 11.0 Å².